The smallest absolute Gasteiger partial charge is 0.271 e. The fraction of sp³-hybridized carbons (Fsp3) is 0.111. The largest absolute Gasteiger partial charge is 0.345 e. The van der Waals surface area contributed by atoms with Crippen LogP contribution < -0.4 is 10.6 Å². The van der Waals surface area contributed by atoms with Crippen molar-refractivity contribution in [2.24, 2.45) is 0 Å². The van der Waals surface area contributed by atoms with Gasteiger partial charge in [-0.15, -0.1) is 0 Å². The number of amides is 2. The number of pyridine rings is 2. The Hall–Kier alpha value is -3.68. The lowest BCUT2D eigenvalue weighted by Gasteiger charge is -2.06. The Morgan fingerprint density at radius 3 is 1.50 bits per heavy atom. The van der Waals surface area contributed by atoms with Crippen LogP contribution >= 0.6 is 0 Å². The number of carbonyl (C=O) groups excluding carboxylic acids is 2. The summed E-state index contributed by atoms with van der Waals surface area (Å²) >= 11 is 0. The van der Waals surface area contributed by atoms with Crippen LogP contribution in [0.4, 0.5) is 0 Å². The highest BCUT2D eigenvalue weighted by molar-refractivity contribution is 5.94. The quantitative estimate of drug-likeness (QED) is 0.691. The third-order valence-corrected chi connectivity index (χ3v) is 3.43. The van der Waals surface area contributed by atoms with E-state index in [0.717, 1.165) is 11.4 Å². The molecule has 0 spiro atoms. The molecule has 0 radical (unpaired) electrons. The minimum Gasteiger partial charge on any atom is -0.345 e. The van der Waals surface area contributed by atoms with Gasteiger partial charge in [-0.05, 0) is 24.3 Å². The fourth-order valence-electron chi connectivity index (χ4n) is 2.09. The summed E-state index contributed by atoms with van der Waals surface area (Å²) in [5, 5.41) is 5.40. The zero-order valence-electron chi connectivity index (χ0n) is 13.8. The zero-order chi connectivity index (χ0) is 18.2. The molecule has 0 aliphatic heterocycles. The Morgan fingerprint density at radius 1 is 0.692 bits per heavy atom. The van der Waals surface area contributed by atoms with E-state index in [2.05, 4.69) is 30.6 Å². The highest BCUT2D eigenvalue weighted by atomic mass is 16.2. The van der Waals surface area contributed by atoms with Crippen LogP contribution in [0.1, 0.15) is 32.4 Å². The maximum absolute atomic E-state index is 12.1. The summed E-state index contributed by atoms with van der Waals surface area (Å²) < 4.78 is 0. The average Bonchev–Trinajstić information content (AvgIpc) is 2.72. The van der Waals surface area contributed by atoms with Crippen molar-refractivity contribution in [2.45, 2.75) is 13.1 Å². The van der Waals surface area contributed by atoms with Crippen LogP contribution in [0.3, 0.4) is 0 Å². The topological polar surface area (TPSA) is 110 Å². The molecule has 0 aliphatic rings. The SMILES string of the molecule is O=C(NCc1ccccn1)c1cnc(C(=O)NCc2ccccn2)cn1. The minimum absolute atomic E-state index is 0.127. The Balaban J connectivity index is 1.53. The molecule has 0 unspecified atom stereocenters. The van der Waals surface area contributed by atoms with Crippen LogP contribution in [0.25, 0.3) is 0 Å². The van der Waals surface area contributed by atoms with Gasteiger partial charge in [-0.2, -0.15) is 0 Å². The molecule has 0 saturated heterocycles. The van der Waals surface area contributed by atoms with Gasteiger partial charge in [0.05, 0.1) is 36.9 Å². The molecular weight excluding hydrogens is 332 g/mol. The van der Waals surface area contributed by atoms with E-state index in [0.29, 0.717) is 0 Å². The molecule has 0 fully saturated rings. The zero-order valence-corrected chi connectivity index (χ0v) is 13.8. The standard InChI is InChI=1S/C18H16N6O2/c25-17(23-9-13-5-1-3-7-19-13)15-11-22-16(12-21-15)18(26)24-10-14-6-2-4-8-20-14/h1-8,11-12H,9-10H2,(H,23,25)(H,24,26). The average molecular weight is 348 g/mol. The molecule has 130 valence electrons. The number of carbonyl (C=O) groups is 2. The van der Waals surface area contributed by atoms with Crippen molar-refractivity contribution in [3.8, 4) is 0 Å². The van der Waals surface area contributed by atoms with Crippen molar-refractivity contribution < 1.29 is 9.59 Å². The second-order valence-corrected chi connectivity index (χ2v) is 5.29. The van der Waals surface area contributed by atoms with Crippen molar-refractivity contribution in [3.63, 3.8) is 0 Å². The van der Waals surface area contributed by atoms with Crippen LogP contribution in [-0.2, 0) is 13.1 Å². The molecule has 0 saturated carbocycles. The van der Waals surface area contributed by atoms with Crippen LogP contribution in [0, 0.1) is 0 Å². The molecule has 0 bridgehead atoms. The molecule has 3 aromatic heterocycles. The predicted molar refractivity (Wildman–Crippen MR) is 92.8 cm³/mol. The summed E-state index contributed by atoms with van der Waals surface area (Å²) in [4.78, 5) is 40.3. The van der Waals surface area contributed by atoms with Gasteiger partial charge in [0.1, 0.15) is 11.4 Å². The van der Waals surface area contributed by atoms with Gasteiger partial charge in [0.15, 0.2) is 0 Å². The normalized spacial score (nSPS) is 10.2. The molecule has 8 nitrogen and oxygen atoms in total. The van der Waals surface area contributed by atoms with Crippen molar-refractivity contribution in [1.82, 2.24) is 30.6 Å². The lowest BCUT2D eigenvalue weighted by molar-refractivity contribution is 0.0930. The van der Waals surface area contributed by atoms with E-state index in [1.807, 2.05) is 12.1 Å². The van der Waals surface area contributed by atoms with Gasteiger partial charge in [-0.3, -0.25) is 19.6 Å². The van der Waals surface area contributed by atoms with Crippen LogP contribution in [0.15, 0.2) is 61.2 Å². The summed E-state index contributed by atoms with van der Waals surface area (Å²) in [7, 11) is 0. The number of hydrogen-bond acceptors (Lipinski definition) is 6. The second kappa shape index (κ2) is 8.43. The lowest BCUT2D eigenvalue weighted by Crippen LogP contribution is -2.26. The van der Waals surface area contributed by atoms with Crippen molar-refractivity contribution in [1.29, 1.82) is 0 Å². The van der Waals surface area contributed by atoms with Crippen molar-refractivity contribution >= 4 is 11.8 Å². The molecule has 3 aromatic rings. The first-order valence-corrected chi connectivity index (χ1v) is 7.90. The number of nitrogens with one attached hydrogen (secondary N) is 2. The Bertz CT molecular complexity index is 795. The lowest BCUT2D eigenvalue weighted by atomic mass is 10.3. The first-order valence-electron chi connectivity index (χ1n) is 7.90. The number of hydrogen-bond donors (Lipinski definition) is 2. The van der Waals surface area contributed by atoms with E-state index in [1.54, 1.807) is 36.7 Å². The Morgan fingerprint density at radius 2 is 1.15 bits per heavy atom. The van der Waals surface area contributed by atoms with Gasteiger partial charge in [0.25, 0.3) is 11.8 Å². The summed E-state index contributed by atoms with van der Waals surface area (Å²) in [5.41, 5.74) is 1.73. The van der Waals surface area contributed by atoms with E-state index >= 15 is 0 Å². The number of aromatic nitrogens is 4. The first kappa shape index (κ1) is 17.2. The minimum atomic E-state index is -0.386. The maximum Gasteiger partial charge on any atom is 0.271 e. The van der Waals surface area contributed by atoms with Crippen LogP contribution in [0.2, 0.25) is 0 Å². The molecular formula is C18H16N6O2. The number of nitrogens with zero attached hydrogens (tertiary/aromatic N) is 4. The summed E-state index contributed by atoms with van der Waals surface area (Å²) in [6, 6.07) is 10.9. The molecule has 3 heterocycles. The second-order valence-electron chi connectivity index (χ2n) is 5.29. The Kier molecular flexibility index (Phi) is 5.56. The molecule has 2 amide bonds. The highest BCUT2D eigenvalue weighted by Crippen LogP contribution is 1.99. The fourth-order valence-corrected chi connectivity index (χ4v) is 2.09. The maximum atomic E-state index is 12.1. The van der Waals surface area contributed by atoms with E-state index in [-0.39, 0.29) is 36.3 Å². The van der Waals surface area contributed by atoms with Gasteiger partial charge in [-0.1, -0.05) is 12.1 Å². The number of rotatable bonds is 6. The summed E-state index contributed by atoms with van der Waals surface area (Å²) in [6.07, 6.45) is 5.84. The van der Waals surface area contributed by atoms with E-state index in [1.165, 1.54) is 12.4 Å². The van der Waals surface area contributed by atoms with E-state index in [9.17, 15) is 9.59 Å². The molecule has 2 N–H and O–H groups in total. The third kappa shape index (κ3) is 4.67. The Labute approximate surface area is 149 Å². The van der Waals surface area contributed by atoms with E-state index in [4.69, 9.17) is 0 Å². The molecule has 0 aromatic carbocycles. The van der Waals surface area contributed by atoms with Gasteiger partial charge >= 0.3 is 0 Å². The van der Waals surface area contributed by atoms with Gasteiger partial charge in [0.2, 0.25) is 0 Å². The monoisotopic (exact) mass is 348 g/mol. The molecule has 8 heteroatoms. The van der Waals surface area contributed by atoms with Crippen LogP contribution in [0.5, 0.6) is 0 Å². The molecule has 0 atom stereocenters. The van der Waals surface area contributed by atoms with Gasteiger partial charge < -0.3 is 10.6 Å². The predicted octanol–water partition coefficient (Wildman–Crippen LogP) is 1.13. The van der Waals surface area contributed by atoms with Crippen molar-refractivity contribution in [2.75, 3.05) is 0 Å². The van der Waals surface area contributed by atoms with Gasteiger partial charge in [-0.25, -0.2) is 9.97 Å². The summed E-state index contributed by atoms with van der Waals surface area (Å²) in [6.45, 7) is 0.571. The van der Waals surface area contributed by atoms with Crippen molar-refractivity contribution in [3.05, 3.63) is 84.0 Å². The molecule has 26 heavy (non-hydrogen) atoms. The van der Waals surface area contributed by atoms with Crippen LogP contribution in [-0.4, -0.2) is 31.8 Å². The molecule has 0 aliphatic carbocycles. The summed E-state index contributed by atoms with van der Waals surface area (Å²) in [5.74, 6) is -0.771. The van der Waals surface area contributed by atoms with E-state index < -0.39 is 0 Å². The third-order valence-electron chi connectivity index (χ3n) is 3.43. The molecule has 3 rings (SSSR count). The van der Waals surface area contributed by atoms with Gasteiger partial charge in [0, 0.05) is 12.4 Å². The highest BCUT2D eigenvalue weighted by Gasteiger charge is 2.12. The first-order chi connectivity index (χ1) is 12.7.